The van der Waals surface area contributed by atoms with E-state index >= 15 is 0 Å². The molecule has 1 fully saturated rings. The Morgan fingerprint density at radius 2 is 2.05 bits per heavy atom. The summed E-state index contributed by atoms with van der Waals surface area (Å²) in [5, 5.41) is 12.4. The molecule has 2 aliphatic rings. The van der Waals surface area contributed by atoms with Gasteiger partial charge in [0.1, 0.15) is 0 Å². The van der Waals surface area contributed by atoms with Crippen molar-refractivity contribution in [1.29, 1.82) is 0 Å². The number of hydrogen-bond acceptors (Lipinski definition) is 3. The molecule has 2 heterocycles. The third kappa shape index (κ3) is 2.03. The van der Waals surface area contributed by atoms with Gasteiger partial charge in [-0.1, -0.05) is 25.1 Å². The molecule has 0 bridgehead atoms. The summed E-state index contributed by atoms with van der Waals surface area (Å²) in [7, 11) is 0. The lowest BCUT2D eigenvalue weighted by atomic mass is 9.99. The Balaban J connectivity index is 1.77. The molecule has 3 unspecified atom stereocenters. The molecule has 1 amide bonds. The summed E-state index contributed by atoms with van der Waals surface area (Å²) in [6.07, 6.45) is 0. The van der Waals surface area contributed by atoms with Gasteiger partial charge in [-0.25, -0.2) is 0 Å². The number of nitrogens with one attached hydrogen (secondary N) is 1. The number of amides is 1. The van der Waals surface area contributed by atoms with Crippen LogP contribution in [0.2, 0.25) is 0 Å². The third-order valence-electron chi connectivity index (χ3n) is 4.37. The molecule has 0 spiro atoms. The number of carboxylic acids is 1. The standard InChI is InChI=1S/C15H18N2O3/c1-9-7-17(8-12(9)15(19)20)14(18)11-6-16-13-5-3-2-4-10(11)13/h2-5,9,11-12,16H,6-8H2,1H3,(H,19,20). The highest BCUT2D eigenvalue weighted by Crippen LogP contribution is 2.34. The Morgan fingerprint density at radius 3 is 2.75 bits per heavy atom. The highest BCUT2D eigenvalue weighted by atomic mass is 16.4. The number of carboxylic acid groups (broad SMARTS) is 1. The zero-order valence-electron chi connectivity index (χ0n) is 11.4. The average molecular weight is 274 g/mol. The van der Waals surface area contributed by atoms with E-state index in [1.807, 2.05) is 31.2 Å². The van der Waals surface area contributed by atoms with Gasteiger partial charge in [-0.2, -0.15) is 0 Å². The van der Waals surface area contributed by atoms with Crippen LogP contribution in [0.25, 0.3) is 0 Å². The Hall–Kier alpha value is -2.04. The fourth-order valence-corrected chi connectivity index (χ4v) is 3.19. The highest BCUT2D eigenvalue weighted by Gasteiger charge is 2.40. The van der Waals surface area contributed by atoms with E-state index < -0.39 is 11.9 Å². The Morgan fingerprint density at radius 1 is 1.30 bits per heavy atom. The van der Waals surface area contributed by atoms with Gasteiger partial charge in [0, 0.05) is 25.3 Å². The first-order valence-electron chi connectivity index (χ1n) is 6.92. The zero-order chi connectivity index (χ0) is 14.3. The van der Waals surface area contributed by atoms with Crippen LogP contribution in [0.4, 0.5) is 5.69 Å². The van der Waals surface area contributed by atoms with Crippen LogP contribution in [0.3, 0.4) is 0 Å². The molecule has 3 rings (SSSR count). The molecular formula is C15H18N2O3. The molecule has 3 atom stereocenters. The Kier molecular flexibility index (Phi) is 3.12. The van der Waals surface area contributed by atoms with E-state index in [-0.39, 0.29) is 17.7 Å². The lowest BCUT2D eigenvalue weighted by Gasteiger charge is -2.20. The number of carbonyl (C=O) groups is 2. The predicted molar refractivity (Wildman–Crippen MR) is 74.5 cm³/mol. The number of rotatable bonds is 2. The van der Waals surface area contributed by atoms with Crippen LogP contribution in [0, 0.1) is 11.8 Å². The summed E-state index contributed by atoms with van der Waals surface area (Å²) in [5.74, 6) is -1.38. The van der Waals surface area contributed by atoms with Crippen molar-refractivity contribution in [3.63, 3.8) is 0 Å². The van der Waals surface area contributed by atoms with Crippen molar-refractivity contribution in [2.24, 2.45) is 11.8 Å². The first kappa shape index (κ1) is 13.0. The number of benzene rings is 1. The van der Waals surface area contributed by atoms with Crippen molar-refractivity contribution < 1.29 is 14.7 Å². The van der Waals surface area contributed by atoms with Crippen LogP contribution in [0.5, 0.6) is 0 Å². The van der Waals surface area contributed by atoms with E-state index in [2.05, 4.69) is 5.32 Å². The molecule has 1 saturated heterocycles. The van der Waals surface area contributed by atoms with Gasteiger partial charge in [-0.3, -0.25) is 9.59 Å². The van der Waals surface area contributed by atoms with Gasteiger partial charge in [0.05, 0.1) is 11.8 Å². The fourth-order valence-electron chi connectivity index (χ4n) is 3.19. The number of para-hydroxylation sites is 1. The second-order valence-electron chi connectivity index (χ2n) is 5.69. The van der Waals surface area contributed by atoms with Crippen molar-refractivity contribution in [3.8, 4) is 0 Å². The lowest BCUT2D eigenvalue weighted by molar-refractivity contribution is -0.142. The maximum atomic E-state index is 12.6. The van der Waals surface area contributed by atoms with E-state index in [0.717, 1.165) is 11.3 Å². The summed E-state index contributed by atoms with van der Waals surface area (Å²) < 4.78 is 0. The molecule has 20 heavy (non-hydrogen) atoms. The molecule has 0 aliphatic carbocycles. The molecule has 5 heteroatoms. The number of hydrogen-bond donors (Lipinski definition) is 2. The van der Waals surface area contributed by atoms with Crippen LogP contribution < -0.4 is 5.32 Å². The molecule has 0 aromatic heterocycles. The van der Waals surface area contributed by atoms with Crippen LogP contribution in [-0.2, 0) is 9.59 Å². The minimum absolute atomic E-state index is 0.0149. The molecule has 2 N–H and O–H groups in total. The Labute approximate surface area is 117 Å². The minimum atomic E-state index is -0.808. The number of likely N-dealkylation sites (tertiary alicyclic amines) is 1. The lowest BCUT2D eigenvalue weighted by Crippen LogP contribution is -2.34. The average Bonchev–Trinajstić information content (AvgIpc) is 3.01. The van der Waals surface area contributed by atoms with E-state index in [1.165, 1.54) is 0 Å². The monoisotopic (exact) mass is 274 g/mol. The Bertz CT molecular complexity index is 558. The second kappa shape index (κ2) is 4.81. The number of carbonyl (C=O) groups excluding carboxylic acids is 1. The van der Waals surface area contributed by atoms with Crippen molar-refractivity contribution >= 4 is 17.6 Å². The molecular weight excluding hydrogens is 256 g/mol. The SMILES string of the molecule is CC1CN(C(=O)C2CNc3ccccc32)CC1C(=O)O. The van der Waals surface area contributed by atoms with Gasteiger partial charge < -0.3 is 15.3 Å². The minimum Gasteiger partial charge on any atom is -0.481 e. The molecule has 0 saturated carbocycles. The summed E-state index contributed by atoms with van der Waals surface area (Å²) in [6, 6.07) is 7.80. The smallest absolute Gasteiger partial charge is 0.308 e. The molecule has 1 aromatic carbocycles. The second-order valence-corrected chi connectivity index (χ2v) is 5.69. The van der Waals surface area contributed by atoms with Gasteiger partial charge >= 0.3 is 5.97 Å². The first-order valence-corrected chi connectivity index (χ1v) is 6.92. The fraction of sp³-hybridized carbons (Fsp3) is 0.467. The number of aliphatic carboxylic acids is 1. The molecule has 1 aromatic rings. The summed E-state index contributed by atoms with van der Waals surface area (Å²) in [6.45, 7) is 3.36. The van der Waals surface area contributed by atoms with Crippen molar-refractivity contribution in [1.82, 2.24) is 4.90 Å². The maximum Gasteiger partial charge on any atom is 0.308 e. The van der Waals surface area contributed by atoms with Crippen molar-refractivity contribution in [3.05, 3.63) is 29.8 Å². The van der Waals surface area contributed by atoms with E-state index in [1.54, 1.807) is 4.90 Å². The summed E-state index contributed by atoms with van der Waals surface area (Å²) >= 11 is 0. The topological polar surface area (TPSA) is 69.6 Å². The molecule has 0 radical (unpaired) electrons. The molecule has 5 nitrogen and oxygen atoms in total. The van der Waals surface area contributed by atoms with Gasteiger partial charge in [-0.15, -0.1) is 0 Å². The first-order chi connectivity index (χ1) is 9.58. The van der Waals surface area contributed by atoms with E-state index in [9.17, 15) is 9.59 Å². The van der Waals surface area contributed by atoms with Crippen molar-refractivity contribution in [2.75, 3.05) is 25.0 Å². The maximum absolute atomic E-state index is 12.6. The van der Waals surface area contributed by atoms with E-state index in [0.29, 0.717) is 19.6 Å². The van der Waals surface area contributed by atoms with Crippen molar-refractivity contribution in [2.45, 2.75) is 12.8 Å². The quantitative estimate of drug-likeness (QED) is 0.854. The van der Waals surface area contributed by atoms with Crippen LogP contribution >= 0.6 is 0 Å². The van der Waals surface area contributed by atoms with Gasteiger partial charge in [-0.05, 0) is 17.5 Å². The van der Waals surface area contributed by atoms with Gasteiger partial charge in [0.15, 0.2) is 0 Å². The normalized spacial score (nSPS) is 28.1. The van der Waals surface area contributed by atoms with Crippen LogP contribution in [0.15, 0.2) is 24.3 Å². The molecule has 106 valence electrons. The number of anilines is 1. The van der Waals surface area contributed by atoms with Gasteiger partial charge in [0.25, 0.3) is 0 Å². The summed E-state index contributed by atoms with van der Waals surface area (Å²) in [5.41, 5.74) is 2.02. The number of fused-ring (bicyclic) bond motifs is 1. The third-order valence-corrected chi connectivity index (χ3v) is 4.37. The largest absolute Gasteiger partial charge is 0.481 e. The van der Waals surface area contributed by atoms with E-state index in [4.69, 9.17) is 5.11 Å². The zero-order valence-corrected chi connectivity index (χ0v) is 11.4. The van der Waals surface area contributed by atoms with Crippen LogP contribution in [0.1, 0.15) is 18.4 Å². The predicted octanol–water partition coefficient (Wildman–Crippen LogP) is 1.37. The van der Waals surface area contributed by atoms with Crippen LogP contribution in [-0.4, -0.2) is 41.5 Å². The number of nitrogens with zero attached hydrogens (tertiary/aromatic N) is 1. The molecule has 2 aliphatic heterocycles. The highest BCUT2D eigenvalue weighted by molar-refractivity contribution is 5.89. The summed E-state index contributed by atoms with van der Waals surface area (Å²) in [4.78, 5) is 25.5. The van der Waals surface area contributed by atoms with Gasteiger partial charge in [0.2, 0.25) is 5.91 Å².